The molecular formula is C7H7ClN2. The molecule has 52 valence electrons. The van der Waals surface area contributed by atoms with E-state index in [4.69, 9.17) is 11.6 Å². The summed E-state index contributed by atoms with van der Waals surface area (Å²) < 4.78 is 0. The molecular weight excluding hydrogens is 148 g/mol. The van der Waals surface area contributed by atoms with Gasteiger partial charge in [0.15, 0.2) is 0 Å². The molecule has 2 nitrogen and oxygen atoms in total. The molecule has 0 saturated heterocycles. The smallest absolute Gasteiger partial charge is 0.0882 e. The van der Waals surface area contributed by atoms with Gasteiger partial charge < -0.3 is 0 Å². The van der Waals surface area contributed by atoms with Gasteiger partial charge in [-0.15, -0.1) is 11.6 Å². The van der Waals surface area contributed by atoms with E-state index >= 15 is 0 Å². The molecule has 1 aromatic rings. The van der Waals surface area contributed by atoms with Gasteiger partial charge in [-0.3, -0.25) is 9.97 Å². The van der Waals surface area contributed by atoms with E-state index in [1.54, 1.807) is 18.6 Å². The van der Waals surface area contributed by atoms with Gasteiger partial charge in [-0.25, -0.2) is 0 Å². The van der Waals surface area contributed by atoms with Crippen LogP contribution in [0.2, 0.25) is 0 Å². The molecule has 1 fully saturated rings. The number of hydrogen-bond donors (Lipinski definition) is 0. The average molecular weight is 155 g/mol. The fourth-order valence-electron chi connectivity index (χ4n) is 0.896. The lowest BCUT2D eigenvalue weighted by Crippen LogP contribution is -1.99. The number of aromatic nitrogens is 2. The zero-order valence-electron chi connectivity index (χ0n) is 5.42. The van der Waals surface area contributed by atoms with Crippen LogP contribution in [0.4, 0.5) is 0 Å². The van der Waals surface area contributed by atoms with Crippen LogP contribution < -0.4 is 0 Å². The van der Waals surface area contributed by atoms with Crippen molar-refractivity contribution in [1.29, 1.82) is 0 Å². The molecule has 0 bridgehead atoms. The summed E-state index contributed by atoms with van der Waals surface area (Å²) in [7, 11) is 0. The van der Waals surface area contributed by atoms with Gasteiger partial charge >= 0.3 is 0 Å². The van der Waals surface area contributed by atoms with E-state index < -0.39 is 0 Å². The van der Waals surface area contributed by atoms with E-state index in [2.05, 4.69) is 9.97 Å². The molecule has 2 rings (SSSR count). The maximum Gasteiger partial charge on any atom is 0.0882 e. The summed E-state index contributed by atoms with van der Waals surface area (Å²) in [6.45, 7) is 0. The quantitative estimate of drug-likeness (QED) is 0.576. The Labute approximate surface area is 64.3 Å². The lowest BCUT2D eigenvalue weighted by Gasteiger charge is -2.01. The third kappa shape index (κ3) is 0.886. The summed E-state index contributed by atoms with van der Waals surface area (Å²) >= 11 is 6.07. The summed E-state index contributed by atoms with van der Waals surface area (Å²) in [5.41, 5.74) is 0.914. The maximum absolute atomic E-state index is 6.07. The van der Waals surface area contributed by atoms with Crippen molar-refractivity contribution in [3.63, 3.8) is 0 Å². The zero-order valence-corrected chi connectivity index (χ0v) is 6.17. The second-order valence-electron chi connectivity index (χ2n) is 2.56. The summed E-state index contributed by atoms with van der Waals surface area (Å²) in [6.07, 6.45) is 7.14. The van der Waals surface area contributed by atoms with E-state index in [1.807, 2.05) is 0 Å². The fraction of sp³-hybridized carbons (Fsp3) is 0.429. The number of halogens is 1. The summed E-state index contributed by atoms with van der Waals surface area (Å²) in [4.78, 5) is 7.90. The van der Waals surface area contributed by atoms with Gasteiger partial charge in [-0.2, -0.15) is 0 Å². The third-order valence-corrected chi connectivity index (χ3v) is 2.28. The molecule has 1 aromatic heterocycles. The highest BCUT2D eigenvalue weighted by atomic mass is 35.5. The van der Waals surface area contributed by atoms with E-state index in [0.29, 0.717) is 0 Å². The van der Waals surface area contributed by atoms with Crippen LogP contribution in [0.3, 0.4) is 0 Å². The number of alkyl halides is 1. The lowest BCUT2D eigenvalue weighted by atomic mass is 10.3. The molecule has 3 heteroatoms. The highest BCUT2D eigenvalue weighted by Crippen LogP contribution is 2.50. The van der Waals surface area contributed by atoms with Gasteiger partial charge in [0.1, 0.15) is 0 Å². The Morgan fingerprint density at radius 1 is 1.40 bits per heavy atom. The van der Waals surface area contributed by atoms with E-state index in [1.165, 1.54) is 0 Å². The van der Waals surface area contributed by atoms with E-state index in [0.717, 1.165) is 18.5 Å². The fourth-order valence-corrected chi connectivity index (χ4v) is 1.09. The first-order valence-electron chi connectivity index (χ1n) is 3.27. The Morgan fingerprint density at radius 3 is 2.70 bits per heavy atom. The molecule has 10 heavy (non-hydrogen) atoms. The number of nitrogens with zero attached hydrogens (tertiary/aromatic N) is 2. The normalized spacial score (nSPS) is 20.5. The minimum atomic E-state index is -0.158. The highest BCUT2D eigenvalue weighted by Gasteiger charge is 2.43. The molecule has 0 aliphatic heterocycles. The van der Waals surface area contributed by atoms with E-state index in [-0.39, 0.29) is 4.87 Å². The van der Waals surface area contributed by atoms with Crippen molar-refractivity contribution in [2.24, 2.45) is 0 Å². The monoisotopic (exact) mass is 154 g/mol. The van der Waals surface area contributed by atoms with Gasteiger partial charge in [0, 0.05) is 12.4 Å². The number of rotatable bonds is 1. The van der Waals surface area contributed by atoms with Crippen molar-refractivity contribution >= 4 is 11.6 Å². The lowest BCUT2D eigenvalue weighted by molar-refractivity contribution is 0.915. The van der Waals surface area contributed by atoms with E-state index in [9.17, 15) is 0 Å². The standard InChI is InChI=1S/C7H7ClN2/c8-7(1-2-7)6-5-9-3-4-10-6/h3-5H,1-2H2. The molecule has 1 saturated carbocycles. The van der Waals surface area contributed by atoms with Crippen molar-refractivity contribution in [3.8, 4) is 0 Å². The molecule has 1 heterocycles. The minimum absolute atomic E-state index is 0.158. The molecule has 0 amide bonds. The van der Waals surface area contributed by atoms with Crippen LogP contribution in [-0.4, -0.2) is 9.97 Å². The van der Waals surface area contributed by atoms with Crippen LogP contribution in [0.15, 0.2) is 18.6 Å². The average Bonchev–Trinajstić information content (AvgIpc) is 2.72. The van der Waals surface area contributed by atoms with Crippen LogP contribution in [-0.2, 0) is 4.87 Å². The van der Waals surface area contributed by atoms with Crippen molar-refractivity contribution in [2.75, 3.05) is 0 Å². The number of hydrogen-bond acceptors (Lipinski definition) is 2. The Bertz CT molecular complexity index is 231. The van der Waals surface area contributed by atoms with Crippen LogP contribution in [0.5, 0.6) is 0 Å². The molecule has 1 aliphatic rings. The highest BCUT2D eigenvalue weighted by molar-refractivity contribution is 6.25. The van der Waals surface area contributed by atoms with Crippen LogP contribution >= 0.6 is 11.6 Å². The van der Waals surface area contributed by atoms with Gasteiger partial charge in [0.25, 0.3) is 0 Å². The summed E-state index contributed by atoms with van der Waals surface area (Å²) in [6, 6.07) is 0. The van der Waals surface area contributed by atoms with Crippen molar-refractivity contribution in [1.82, 2.24) is 9.97 Å². The summed E-state index contributed by atoms with van der Waals surface area (Å²) in [5, 5.41) is 0. The molecule has 0 atom stereocenters. The maximum atomic E-state index is 6.07. The van der Waals surface area contributed by atoms with Crippen LogP contribution in [0, 0.1) is 0 Å². The zero-order chi connectivity index (χ0) is 7.03. The SMILES string of the molecule is ClC1(c2cnccn2)CC1. The summed E-state index contributed by atoms with van der Waals surface area (Å²) in [5.74, 6) is 0. The van der Waals surface area contributed by atoms with Gasteiger partial charge in [-0.1, -0.05) is 0 Å². The van der Waals surface area contributed by atoms with Crippen LogP contribution in [0.25, 0.3) is 0 Å². The van der Waals surface area contributed by atoms with Crippen LogP contribution in [0.1, 0.15) is 18.5 Å². The van der Waals surface area contributed by atoms with Crippen molar-refractivity contribution in [3.05, 3.63) is 24.3 Å². The Morgan fingerprint density at radius 2 is 2.20 bits per heavy atom. The minimum Gasteiger partial charge on any atom is -0.261 e. The molecule has 0 radical (unpaired) electrons. The second-order valence-corrected chi connectivity index (χ2v) is 3.28. The predicted octanol–water partition coefficient (Wildman–Crippen LogP) is 1.70. The largest absolute Gasteiger partial charge is 0.261 e. The van der Waals surface area contributed by atoms with Gasteiger partial charge in [-0.05, 0) is 12.8 Å². The Balaban J connectivity index is 2.35. The molecule has 0 unspecified atom stereocenters. The van der Waals surface area contributed by atoms with Gasteiger partial charge in [0.2, 0.25) is 0 Å². The Kier molecular flexibility index (Phi) is 1.17. The van der Waals surface area contributed by atoms with Crippen molar-refractivity contribution in [2.45, 2.75) is 17.7 Å². The first-order valence-corrected chi connectivity index (χ1v) is 3.64. The molecule has 0 spiro atoms. The topological polar surface area (TPSA) is 25.8 Å². The van der Waals surface area contributed by atoms with Crippen molar-refractivity contribution < 1.29 is 0 Å². The predicted molar refractivity (Wildman–Crippen MR) is 38.8 cm³/mol. The Hall–Kier alpha value is -0.630. The molecule has 0 N–H and O–H groups in total. The van der Waals surface area contributed by atoms with Gasteiger partial charge in [0.05, 0.1) is 16.8 Å². The second kappa shape index (κ2) is 1.92. The molecule has 0 aromatic carbocycles. The first-order chi connectivity index (χ1) is 4.81. The third-order valence-electron chi connectivity index (χ3n) is 1.71. The first kappa shape index (κ1) is 6.10. The molecule has 1 aliphatic carbocycles.